The summed E-state index contributed by atoms with van der Waals surface area (Å²) in [4.78, 5) is 17.3. The van der Waals surface area contributed by atoms with Crippen LogP contribution in [-0.4, -0.2) is 23.0 Å². The van der Waals surface area contributed by atoms with Gasteiger partial charge in [-0.2, -0.15) is 0 Å². The molecular formula is C21H26N4O. The molecule has 2 heterocycles. The molecule has 136 valence electrons. The van der Waals surface area contributed by atoms with Gasteiger partial charge in [0.1, 0.15) is 0 Å². The molecular weight excluding hydrogens is 324 g/mol. The van der Waals surface area contributed by atoms with E-state index in [9.17, 15) is 4.79 Å². The molecule has 2 aliphatic rings. The van der Waals surface area contributed by atoms with Gasteiger partial charge >= 0.3 is 0 Å². The standard InChI is InChI=1S/C21H26N4O/c26-20(14-19-16-10-4-5-11-17(16)24-25-19)23-21(15-8-2-1-3-9-15)18-12-6-7-13-22-18/h1-3,6-9,12-13,16-17,19,21,24-25H,4-5,10-11,14H2,(H,23,26). The molecule has 4 atom stereocenters. The maximum atomic E-state index is 12.8. The van der Waals surface area contributed by atoms with Crippen molar-refractivity contribution in [3.8, 4) is 0 Å². The molecule has 4 unspecified atom stereocenters. The van der Waals surface area contributed by atoms with E-state index in [0.29, 0.717) is 18.4 Å². The maximum Gasteiger partial charge on any atom is 0.222 e. The van der Waals surface area contributed by atoms with Crippen LogP contribution in [0.1, 0.15) is 49.4 Å². The number of fused-ring (bicyclic) bond motifs is 1. The van der Waals surface area contributed by atoms with Crippen LogP contribution in [-0.2, 0) is 4.79 Å². The molecule has 4 rings (SSSR count). The van der Waals surface area contributed by atoms with Crippen LogP contribution in [0, 0.1) is 5.92 Å². The number of hydrogen-bond acceptors (Lipinski definition) is 4. The Balaban J connectivity index is 1.46. The fourth-order valence-electron chi connectivity index (χ4n) is 4.28. The molecule has 1 amide bonds. The third-order valence-corrected chi connectivity index (χ3v) is 5.62. The van der Waals surface area contributed by atoms with E-state index < -0.39 is 0 Å². The number of hydrazine groups is 1. The van der Waals surface area contributed by atoms with Gasteiger partial charge < -0.3 is 5.32 Å². The highest BCUT2D eigenvalue weighted by Crippen LogP contribution is 2.31. The molecule has 2 fully saturated rings. The molecule has 1 saturated carbocycles. The second-order valence-corrected chi connectivity index (χ2v) is 7.32. The number of amides is 1. The van der Waals surface area contributed by atoms with Gasteiger partial charge in [-0.25, -0.2) is 0 Å². The molecule has 26 heavy (non-hydrogen) atoms. The molecule has 1 aliphatic heterocycles. The van der Waals surface area contributed by atoms with Crippen LogP contribution in [0.4, 0.5) is 0 Å². The van der Waals surface area contributed by atoms with Crippen LogP contribution in [0.2, 0.25) is 0 Å². The third-order valence-electron chi connectivity index (χ3n) is 5.62. The highest BCUT2D eigenvalue weighted by Gasteiger charge is 2.38. The summed E-state index contributed by atoms with van der Waals surface area (Å²) < 4.78 is 0. The fraction of sp³-hybridized carbons (Fsp3) is 0.429. The summed E-state index contributed by atoms with van der Waals surface area (Å²) in [5.74, 6) is 0.620. The second kappa shape index (κ2) is 7.98. The minimum Gasteiger partial charge on any atom is -0.344 e. The van der Waals surface area contributed by atoms with Gasteiger partial charge in [0.2, 0.25) is 5.91 Å². The number of nitrogens with one attached hydrogen (secondary N) is 3. The normalized spacial score (nSPS) is 26.1. The van der Waals surface area contributed by atoms with Crippen molar-refractivity contribution in [3.63, 3.8) is 0 Å². The van der Waals surface area contributed by atoms with E-state index in [-0.39, 0.29) is 18.0 Å². The van der Waals surface area contributed by atoms with Crippen molar-refractivity contribution in [2.75, 3.05) is 0 Å². The van der Waals surface area contributed by atoms with Crippen molar-refractivity contribution < 1.29 is 4.79 Å². The average molecular weight is 350 g/mol. The zero-order valence-corrected chi connectivity index (χ0v) is 14.9. The Bertz CT molecular complexity index is 682. The Labute approximate surface area is 154 Å². The van der Waals surface area contributed by atoms with Crippen LogP contribution >= 0.6 is 0 Å². The van der Waals surface area contributed by atoms with Gasteiger partial charge in [-0.3, -0.25) is 20.6 Å². The van der Waals surface area contributed by atoms with Gasteiger partial charge in [-0.15, -0.1) is 0 Å². The molecule has 5 heteroatoms. The minimum atomic E-state index is -0.221. The Hall–Kier alpha value is -2.24. The molecule has 0 radical (unpaired) electrons. The second-order valence-electron chi connectivity index (χ2n) is 7.32. The predicted octanol–water partition coefficient (Wildman–Crippen LogP) is 2.71. The van der Waals surface area contributed by atoms with E-state index in [0.717, 1.165) is 11.3 Å². The smallest absolute Gasteiger partial charge is 0.222 e. The van der Waals surface area contributed by atoms with Crippen LogP contribution in [0.25, 0.3) is 0 Å². The summed E-state index contributed by atoms with van der Waals surface area (Å²) in [5.41, 5.74) is 8.65. The van der Waals surface area contributed by atoms with E-state index in [4.69, 9.17) is 0 Å². The van der Waals surface area contributed by atoms with Crippen molar-refractivity contribution in [1.29, 1.82) is 0 Å². The van der Waals surface area contributed by atoms with Gasteiger partial charge in [0.15, 0.2) is 0 Å². The molecule has 2 aromatic rings. The summed E-state index contributed by atoms with van der Waals surface area (Å²) >= 11 is 0. The van der Waals surface area contributed by atoms with E-state index >= 15 is 0 Å². The predicted molar refractivity (Wildman–Crippen MR) is 101 cm³/mol. The first-order valence-corrected chi connectivity index (χ1v) is 9.57. The lowest BCUT2D eigenvalue weighted by Crippen LogP contribution is -2.38. The van der Waals surface area contributed by atoms with E-state index in [1.165, 1.54) is 25.7 Å². The molecule has 1 aliphatic carbocycles. The number of carbonyl (C=O) groups excluding carboxylic acids is 1. The molecule has 5 nitrogen and oxygen atoms in total. The Morgan fingerprint density at radius 1 is 1.08 bits per heavy atom. The zero-order valence-electron chi connectivity index (χ0n) is 14.9. The van der Waals surface area contributed by atoms with E-state index in [1.807, 2.05) is 48.5 Å². The van der Waals surface area contributed by atoms with Crippen molar-refractivity contribution in [2.45, 2.75) is 50.2 Å². The first kappa shape index (κ1) is 17.2. The number of hydrogen-bond donors (Lipinski definition) is 3. The number of nitrogens with zero attached hydrogens (tertiary/aromatic N) is 1. The summed E-state index contributed by atoms with van der Waals surface area (Å²) in [7, 11) is 0. The highest BCUT2D eigenvalue weighted by atomic mass is 16.1. The largest absolute Gasteiger partial charge is 0.344 e. The lowest BCUT2D eigenvalue weighted by Gasteiger charge is -2.27. The van der Waals surface area contributed by atoms with Gasteiger partial charge in [0.05, 0.1) is 11.7 Å². The van der Waals surface area contributed by atoms with Crippen LogP contribution in [0.15, 0.2) is 54.7 Å². The Morgan fingerprint density at radius 3 is 2.69 bits per heavy atom. The third kappa shape index (κ3) is 3.79. The lowest BCUT2D eigenvalue weighted by atomic mass is 9.81. The Kier molecular flexibility index (Phi) is 5.27. The summed E-state index contributed by atoms with van der Waals surface area (Å²) in [5, 5.41) is 3.20. The van der Waals surface area contributed by atoms with E-state index in [1.54, 1.807) is 6.20 Å². The average Bonchev–Trinajstić information content (AvgIpc) is 3.10. The minimum absolute atomic E-state index is 0.0648. The van der Waals surface area contributed by atoms with Gasteiger partial charge in [-0.05, 0) is 36.5 Å². The first-order chi connectivity index (χ1) is 12.8. The van der Waals surface area contributed by atoms with Crippen LogP contribution in [0.5, 0.6) is 0 Å². The van der Waals surface area contributed by atoms with Gasteiger partial charge in [-0.1, -0.05) is 49.2 Å². The number of aromatic nitrogens is 1. The molecule has 1 aromatic heterocycles. The number of rotatable bonds is 5. The monoisotopic (exact) mass is 350 g/mol. The molecule has 1 aromatic carbocycles. The van der Waals surface area contributed by atoms with Crippen molar-refractivity contribution in [1.82, 2.24) is 21.2 Å². The number of pyridine rings is 1. The molecule has 0 spiro atoms. The van der Waals surface area contributed by atoms with Crippen molar-refractivity contribution >= 4 is 5.91 Å². The number of carbonyl (C=O) groups is 1. The van der Waals surface area contributed by atoms with E-state index in [2.05, 4.69) is 21.2 Å². The summed E-state index contributed by atoms with van der Waals surface area (Å²) in [6.07, 6.45) is 7.21. The molecule has 3 N–H and O–H groups in total. The van der Waals surface area contributed by atoms with Crippen molar-refractivity contribution in [3.05, 3.63) is 66.0 Å². The van der Waals surface area contributed by atoms with Gasteiger partial charge in [0.25, 0.3) is 0 Å². The topological polar surface area (TPSA) is 66.1 Å². The molecule has 0 bridgehead atoms. The molecule has 1 saturated heterocycles. The fourth-order valence-corrected chi connectivity index (χ4v) is 4.28. The lowest BCUT2D eigenvalue weighted by molar-refractivity contribution is -0.122. The summed E-state index contributed by atoms with van der Waals surface area (Å²) in [6, 6.07) is 16.4. The number of benzene rings is 1. The first-order valence-electron chi connectivity index (χ1n) is 9.57. The van der Waals surface area contributed by atoms with Crippen molar-refractivity contribution in [2.24, 2.45) is 5.92 Å². The zero-order chi connectivity index (χ0) is 17.8. The van der Waals surface area contributed by atoms with Crippen LogP contribution in [0.3, 0.4) is 0 Å². The SMILES string of the molecule is O=C(CC1NNC2CCCCC21)NC(c1ccccc1)c1ccccn1. The maximum absolute atomic E-state index is 12.8. The summed E-state index contributed by atoms with van der Waals surface area (Å²) in [6.45, 7) is 0. The highest BCUT2D eigenvalue weighted by molar-refractivity contribution is 5.77. The van der Waals surface area contributed by atoms with Gasteiger partial charge in [0, 0.05) is 24.7 Å². The quantitative estimate of drug-likeness (QED) is 0.776. The Morgan fingerprint density at radius 2 is 1.88 bits per heavy atom. The van der Waals surface area contributed by atoms with Crippen LogP contribution < -0.4 is 16.2 Å².